The van der Waals surface area contributed by atoms with Gasteiger partial charge >= 0.3 is 0 Å². The van der Waals surface area contributed by atoms with Crippen LogP contribution in [0.4, 0.5) is 0 Å². The van der Waals surface area contributed by atoms with Gasteiger partial charge in [0.25, 0.3) is 0 Å². The van der Waals surface area contributed by atoms with E-state index in [0.29, 0.717) is 19.6 Å². The molecule has 4 fully saturated rings. The van der Waals surface area contributed by atoms with Crippen molar-refractivity contribution in [3.05, 3.63) is 0 Å². The average molecular weight is 459 g/mol. The summed E-state index contributed by atoms with van der Waals surface area (Å²) in [5.74, 6) is -0.397. The molecular formula is C20H39ClN8O2. The number of nitrogens with two attached hydrogens (primary N) is 1. The van der Waals surface area contributed by atoms with Gasteiger partial charge in [0.05, 0.1) is 35.3 Å². The summed E-state index contributed by atoms with van der Waals surface area (Å²) in [6.07, 6.45) is 1.91. The van der Waals surface area contributed by atoms with Crippen LogP contribution in [0.2, 0.25) is 0 Å². The Labute approximate surface area is 190 Å². The second-order valence-corrected chi connectivity index (χ2v) is 10.6. The number of rotatable bonds is 5. The van der Waals surface area contributed by atoms with Crippen LogP contribution in [-0.2, 0) is 4.79 Å². The molecule has 4 saturated heterocycles. The Kier molecular flexibility index (Phi) is 7.41. The highest BCUT2D eigenvalue weighted by molar-refractivity contribution is 6.21. The summed E-state index contributed by atoms with van der Waals surface area (Å²) in [4.78, 5) is 17.8. The van der Waals surface area contributed by atoms with Gasteiger partial charge in [-0.05, 0) is 39.9 Å². The smallest absolute Gasteiger partial charge is 0.229 e. The number of piperidine rings is 2. The normalized spacial score (nSPS) is 39.4. The van der Waals surface area contributed by atoms with Crippen molar-refractivity contribution >= 4 is 17.5 Å². The van der Waals surface area contributed by atoms with E-state index in [-0.39, 0.29) is 35.5 Å². The molecule has 0 bridgehead atoms. The maximum atomic E-state index is 13.3. The Morgan fingerprint density at radius 1 is 1.32 bits per heavy atom. The molecule has 1 amide bonds. The van der Waals surface area contributed by atoms with Crippen molar-refractivity contribution in [1.29, 1.82) is 0 Å². The molecule has 4 aliphatic rings. The Morgan fingerprint density at radius 2 is 2.06 bits per heavy atom. The van der Waals surface area contributed by atoms with Crippen molar-refractivity contribution in [2.75, 3.05) is 59.9 Å². The van der Waals surface area contributed by atoms with Crippen molar-refractivity contribution in [3.8, 4) is 0 Å². The van der Waals surface area contributed by atoms with Crippen LogP contribution in [0.25, 0.3) is 0 Å². The van der Waals surface area contributed by atoms with Crippen molar-refractivity contribution in [1.82, 2.24) is 36.2 Å². The molecule has 0 aromatic rings. The number of fused-ring (bicyclic) bond motifs is 1. The second-order valence-electron chi connectivity index (χ2n) is 9.96. The highest BCUT2D eigenvalue weighted by Crippen LogP contribution is 2.27. The van der Waals surface area contributed by atoms with Gasteiger partial charge < -0.3 is 26.4 Å². The van der Waals surface area contributed by atoms with E-state index in [1.165, 1.54) is 0 Å². The van der Waals surface area contributed by atoms with Gasteiger partial charge in [0.15, 0.2) is 0 Å². The van der Waals surface area contributed by atoms with Crippen LogP contribution in [0.3, 0.4) is 0 Å². The van der Waals surface area contributed by atoms with E-state index < -0.39 is 11.8 Å². The predicted molar refractivity (Wildman–Crippen MR) is 120 cm³/mol. The predicted octanol–water partition coefficient (Wildman–Crippen LogP) is -2.52. The molecule has 4 heterocycles. The van der Waals surface area contributed by atoms with Gasteiger partial charge in [0.2, 0.25) is 5.91 Å². The van der Waals surface area contributed by atoms with Crippen LogP contribution in [0.1, 0.15) is 19.3 Å². The van der Waals surface area contributed by atoms with Gasteiger partial charge in [-0.2, -0.15) is 0 Å². The van der Waals surface area contributed by atoms with Gasteiger partial charge in [-0.25, -0.2) is 10.4 Å². The molecule has 31 heavy (non-hydrogen) atoms. The highest BCUT2D eigenvalue weighted by Gasteiger charge is 2.47. The number of hydrogen-bond acceptors (Lipinski definition) is 9. The number of halogens is 1. The molecule has 6 unspecified atom stereocenters. The van der Waals surface area contributed by atoms with Crippen LogP contribution in [0.5, 0.6) is 0 Å². The zero-order valence-corrected chi connectivity index (χ0v) is 19.4. The monoisotopic (exact) mass is 458 g/mol. The molecule has 0 spiro atoms. The number of hydrogen-bond donors (Lipinski definition) is 6. The number of alkyl halides is 1. The molecule has 7 N–H and O–H groups in total. The van der Waals surface area contributed by atoms with Gasteiger partial charge in [0, 0.05) is 45.3 Å². The summed E-state index contributed by atoms with van der Waals surface area (Å²) >= 11 is 6.25. The number of hydrazine groups is 1. The van der Waals surface area contributed by atoms with Crippen LogP contribution < -0.4 is 27.1 Å². The molecule has 4 aliphatic heterocycles. The van der Waals surface area contributed by atoms with Crippen molar-refractivity contribution in [2.45, 2.75) is 54.7 Å². The number of nitrogens with zero attached hydrogens (tertiary/aromatic N) is 3. The lowest BCUT2D eigenvalue weighted by Gasteiger charge is -2.46. The number of aliphatic hydroxyl groups is 1. The van der Waals surface area contributed by atoms with E-state index in [1.54, 1.807) is 0 Å². The zero-order valence-electron chi connectivity index (χ0n) is 18.7. The van der Waals surface area contributed by atoms with Gasteiger partial charge in [0.1, 0.15) is 0 Å². The first-order chi connectivity index (χ1) is 14.8. The molecule has 0 aromatic heterocycles. The Hall–Kier alpha value is -0.560. The minimum Gasteiger partial charge on any atom is -0.388 e. The summed E-state index contributed by atoms with van der Waals surface area (Å²) in [6, 6.07) is 0.286. The van der Waals surface area contributed by atoms with Crippen LogP contribution in [0, 0.1) is 5.92 Å². The summed E-state index contributed by atoms with van der Waals surface area (Å²) in [6.45, 7) is 5.40. The molecule has 178 valence electrons. The fourth-order valence-electron chi connectivity index (χ4n) is 5.71. The van der Waals surface area contributed by atoms with Crippen molar-refractivity contribution in [3.63, 3.8) is 0 Å². The van der Waals surface area contributed by atoms with Gasteiger partial charge in [-0.3, -0.25) is 15.0 Å². The quantitative estimate of drug-likeness (QED) is 0.248. The molecule has 11 heteroatoms. The Bertz CT molecular complexity index is 632. The third-order valence-corrected chi connectivity index (χ3v) is 7.50. The number of likely N-dealkylation sites (tertiary alicyclic amines) is 1. The number of carbonyl (C=O) groups is 1. The van der Waals surface area contributed by atoms with Crippen LogP contribution in [-0.4, -0.2) is 121 Å². The maximum absolute atomic E-state index is 13.3. The van der Waals surface area contributed by atoms with Crippen LogP contribution in [0.15, 0.2) is 0 Å². The highest BCUT2D eigenvalue weighted by atomic mass is 35.5. The minimum absolute atomic E-state index is 0.00470. The van der Waals surface area contributed by atoms with Crippen molar-refractivity contribution in [2.24, 2.45) is 11.7 Å². The van der Waals surface area contributed by atoms with E-state index >= 15 is 0 Å². The fourth-order valence-corrected chi connectivity index (χ4v) is 5.94. The van der Waals surface area contributed by atoms with Gasteiger partial charge in [-0.1, -0.05) is 0 Å². The molecule has 0 saturated carbocycles. The average Bonchev–Trinajstić information content (AvgIpc) is 3.03. The zero-order chi connectivity index (χ0) is 22.2. The summed E-state index contributed by atoms with van der Waals surface area (Å²) in [7, 11) is 4.00. The lowest BCUT2D eigenvalue weighted by molar-refractivity contribution is -0.128. The Balaban J connectivity index is 1.37. The lowest BCUT2D eigenvalue weighted by Crippen LogP contribution is -2.64. The Morgan fingerprint density at radius 3 is 2.77 bits per heavy atom. The first-order valence-corrected chi connectivity index (χ1v) is 12.0. The molecule has 0 aliphatic carbocycles. The van der Waals surface area contributed by atoms with E-state index in [0.717, 1.165) is 45.4 Å². The lowest BCUT2D eigenvalue weighted by atomic mass is 9.88. The maximum Gasteiger partial charge on any atom is 0.229 e. The number of amides is 1. The van der Waals surface area contributed by atoms with E-state index in [1.807, 2.05) is 19.1 Å². The first-order valence-electron chi connectivity index (χ1n) is 11.5. The van der Waals surface area contributed by atoms with Crippen molar-refractivity contribution < 1.29 is 9.90 Å². The molecule has 0 aromatic carbocycles. The van der Waals surface area contributed by atoms with E-state index in [4.69, 9.17) is 17.3 Å². The topological polar surface area (TPSA) is 121 Å². The second kappa shape index (κ2) is 9.74. The standard InChI is InChI=1S/C20H39ClN8O2/c1-27(2)12-20(31)4-7-28(8-5-20)15-3-6-23-10-14(15)25-19(30)16-17(22)26-29-11-13(21)9-24-18(16)29/h13-18,23-24,26,31H,3-12,22H2,1-2H3,(H,25,30). The largest absolute Gasteiger partial charge is 0.388 e. The summed E-state index contributed by atoms with van der Waals surface area (Å²) in [5.41, 5.74) is 8.86. The number of carbonyl (C=O) groups excluding carboxylic acids is 1. The molecule has 4 rings (SSSR count). The molecule has 6 atom stereocenters. The van der Waals surface area contributed by atoms with Crippen LogP contribution >= 0.6 is 11.6 Å². The third kappa shape index (κ3) is 5.34. The number of likely N-dealkylation sites (N-methyl/N-ethyl adjacent to an activating group) is 1. The molecule has 10 nitrogen and oxygen atoms in total. The number of nitrogens with one attached hydrogen (secondary N) is 4. The van der Waals surface area contributed by atoms with E-state index in [9.17, 15) is 9.90 Å². The third-order valence-electron chi connectivity index (χ3n) is 7.21. The SMILES string of the molecule is CN(C)CC1(O)CCN(C2CCNCC2NC(=O)C2C(N)NN3CC(Cl)CNC23)CC1. The summed E-state index contributed by atoms with van der Waals surface area (Å²) < 4.78 is 0. The first kappa shape index (κ1) is 23.6. The summed E-state index contributed by atoms with van der Waals surface area (Å²) in [5, 5.41) is 22.9. The van der Waals surface area contributed by atoms with E-state index in [2.05, 4.69) is 31.2 Å². The molecule has 0 radical (unpaired) electrons. The molecular weight excluding hydrogens is 420 g/mol. The fraction of sp³-hybridized carbons (Fsp3) is 0.950. The van der Waals surface area contributed by atoms with Gasteiger partial charge in [-0.15, -0.1) is 11.6 Å². The minimum atomic E-state index is -0.621.